The number of fused-ring (bicyclic) bond motifs is 1. The zero-order valence-corrected chi connectivity index (χ0v) is 10.5. The van der Waals surface area contributed by atoms with Gasteiger partial charge in [0.25, 0.3) is 0 Å². The van der Waals surface area contributed by atoms with Gasteiger partial charge >= 0.3 is 5.69 Å². The first-order valence-corrected chi connectivity index (χ1v) is 6.01. The van der Waals surface area contributed by atoms with Gasteiger partial charge in [0, 0.05) is 19.0 Å². The second-order valence-corrected chi connectivity index (χ2v) is 4.20. The molecule has 0 aliphatic carbocycles. The van der Waals surface area contributed by atoms with Gasteiger partial charge in [0.1, 0.15) is 0 Å². The predicted molar refractivity (Wildman–Crippen MR) is 70.0 cm³/mol. The highest BCUT2D eigenvalue weighted by Gasteiger charge is 2.19. The quantitative estimate of drug-likeness (QED) is 0.441. The highest BCUT2D eigenvalue weighted by molar-refractivity contribution is 5.93. The Balaban J connectivity index is 2.04. The van der Waals surface area contributed by atoms with Crippen molar-refractivity contribution in [2.75, 3.05) is 11.9 Å². The van der Waals surface area contributed by atoms with E-state index in [9.17, 15) is 14.9 Å². The van der Waals surface area contributed by atoms with Crippen molar-refractivity contribution < 1.29 is 14.3 Å². The number of nitro benzene ring substituents is 1. The van der Waals surface area contributed by atoms with Gasteiger partial charge in [0.05, 0.1) is 10.6 Å². The van der Waals surface area contributed by atoms with E-state index in [1.54, 1.807) is 6.07 Å². The number of rotatable bonds is 7. The average molecular weight is 279 g/mol. The Bertz CT molecular complexity index is 639. The Hall–Kier alpha value is -2.71. The van der Waals surface area contributed by atoms with Gasteiger partial charge in [-0.2, -0.15) is 0 Å². The van der Waals surface area contributed by atoms with E-state index >= 15 is 0 Å². The maximum Gasteiger partial charge on any atom is 0.300 e. The monoisotopic (exact) mass is 279 g/mol. The first-order valence-electron chi connectivity index (χ1n) is 6.01. The Morgan fingerprint density at radius 2 is 2.10 bits per heavy atom. The molecular formula is C11H13N5O4. The molecule has 0 aliphatic rings. The number of nitrogens with two attached hydrogens (primary N) is 1. The number of non-ortho nitro benzene ring substituents is 1. The molecule has 1 aromatic heterocycles. The molecule has 3 N–H and O–H groups in total. The summed E-state index contributed by atoms with van der Waals surface area (Å²) in [6.45, 7) is 0.590. The number of benzene rings is 1. The van der Waals surface area contributed by atoms with Crippen LogP contribution in [0.3, 0.4) is 0 Å². The van der Waals surface area contributed by atoms with Crippen molar-refractivity contribution >= 4 is 28.3 Å². The van der Waals surface area contributed by atoms with Crippen LogP contribution in [0, 0.1) is 10.1 Å². The molecule has 2 aromatic rings. The summed E-state index contributed by atoms with van der Waals surface area (Å²) in [7, 11) is 0. The van der Waals surface area contributed by atoms with Crippen LogP contribution in [-0.2, 0) is 4.79 Å². The summed E-state index contributed by atoms with van der Waals surface area (Å²) in [6.07, 6.45) is 1.76. The summed E-state index contributed by atoms with van der Waals surface area (Å²) in [5.41, 5.74) is 5.91. The lowest BCUT2D eigenvalue weighted by atomic mass is 10.2. The number of hydrogen-bond donors (Lipinski definition) is 2. The molecule has 0 radical (unpaired) electrons. The van der Waals surface area contributed by atoms with Crippen LogP contribution in [0.2, 0.25) is 0 Å². The number of aromatic nitrogens is 2. The van der Waals surface area contributed by atoms with E-state index in [1.165, 1.54) is 6.07 Å². The van der Waals surface area contributed by atoms with Crippen molar-refractivity contribution in [2.45, 2.75) is 19.3 Å². The lowest BCUT2D eigenvalue weighted by molar-refractivity contribution is -0.383. The van der Waals surface area contributed by atoms with Crippen molar-refractivity contribution in [3.05, 3.63) is 22.2 Å². The number of hydrogen-bond acceptors (Lipinski definition) is 7. The van der Waals surface area contributed by atoms with Crippen LogP contribution in [0.1, 0.15) is 19.3 Å². The predicted octanol–water partition coefficient (Wildman–Crippen LogP) is 1.20. The molecule has 0 fully saturated rings. The number of nitro groups is 1. The summed E-state index contributed by atoms with van der Waals surface area (Å²) < 4.78 is 4.55. The smallest absolute Gasteiger partial charge is 0.300 e. The molecule has 9 nitrogen and oxygen atoms in total. The zero-order chi connectivity index (χ0) is 14.5. The van der Waals surface area contributed by atoms with E-state index in [0.29, 0.717) is 30.6 Å². The molecule has 0 unspecified atom stereocenters. The van der Waals surface area contributed by atoms with Crippen LogP contribution in [0.25, 0.3) is 11.0 Å². The van der Waals surface area contributed by atoms with Gasteiger partial charge in [-0.25, -0.2) is 4.63 Å². The summed E-state index contributed by atoms with van der Waals surface area (Å²) in [6, 6.07) is 2.90. The summed E-state index contributed by atoms with van der Waals surface area (Å²) >= 11 is 0. The van der Waals surface area contributed by atoms with Crippen molar-refractivity contribution in [2.24, 2.45) is 5.73 Å². The molecule has 0 saturated heterocycles. The standard InChI is InChI=1S/C11H13N5O4/c12-9(17)3-1-2-6-13-7-4-5-8(16(18)19)11-10(7)14-20-15-11/h4-5,13H,1-3,6H2,(H2,12,17). The van der Waals surface area contributed by atoms with Crippen LogP contribution < -0.4 is 11.1 Å². The Morgan fingerprint density at radius 3 is 2.80 bits per heavy atom. The molecule has 0 aliphatic heterocycles. The normalized spacial score (nSPS) is 10.6. The molecule has 1 heterocycles. The van der Waals surface area contributed by atoms with Crippen molar-refractivity contribution in [1.29, 1.82) is 0 Å². The lowest BCUT2D eigenvalue weighted by Gasteiger charge is -2.05. The molecule has 0 spiro atoms. The number of nitrogens with zero attached hydrogens (tertiary/aromatic N) is 3. The highest BCUT2D eigenvalue weighted by Crippen LogP contribution is 2.28. The van der Waals surface area contributed by atoms with E-state index in [-0.39, 0.29) is 17.1 Å². The topological polar surface area (TPSA) is 137 Å². The minimum atomic E-state index is -0.539. The van der Waals surface area contributed by atoms with E-state index in [1.807, 2.05) is 0 Å². The Morgan fingerprint density at radius 1 is 1.35 bits per heavy atom. The summed E-state index contributed by atoms with van der Waals surface area (Å²) in [4.78, 5) is 20.9. The van der Waals surface area contributed by atoms with Crippen LogP contribution in [-0.4, -0.2) is 27.7 Å². The maximum absolute atomic E-state index is 10.8. The third-order valence-corrected chi connectivity index (χ3v) is 2.76. The summed E-state index contributed by atoms with van der Waals surface area (Å²) in [5.74, 6) is -0.330. The number of carbonyl (C=O) groups excluding carboxylic acids is 1. The van der Waals surface area contributed by atoms with Crippen molar-refractivity contribution in [1.82, 2.24) is 10.3 Å². The van der Waals surface area contributed by atoms with Gasteiger partial charge in [-0.3, -0.25) is 14.9 Å². The fourth-order valence-electron chi connectivity index (χ4n) is 1.79. The van der Waals surface area contributed by atoms with Crippen LogP contribution >= 0.6 is 0 Å². The van der Waals surface area contributed by atoms with Crippen LogP contribution in [0.4, 0.5) is 11.4 Å². The first-order chi connectivity index (χ1) is 9.59. The van der Waals surface area contributed by atoms with Gasteiger partial charge in [0.15, 0.2) is 5.52 Å². The second-order valence-electron chi connectivity index (χ2n) is 4.20. The fraction of sp³-hybridized carbons (Fsp3) is 0.364. The minimum absolute atomic E-state index is 0.108. The summed E-state index contributed by atoms with van der Waals surface area (Å²) in [5, 5.41) is 21.1. The number of nitrogens with one attached hydrogen (secondary N) is 1. The molecule has 1 amide bonds. The second kappa shape index (κ2) is 5.95. The van der Waals surface area contributed by atoms with Crippen molar-refractivity contribution in [3.8, 4) is 0 Å². The number of primary amides is 1. The molecular weight excluding hydrogens is 266 g/mol. The van der Waals surface area contributed by atoms with E-state index in [0.717, 1.165) is 6.42 Å². The van der Waals surface area contributed by atoms with Crippen LogP contribution in [0.15, 0.2) is 16.8 Å². The molecule has 20 heavy (non-hydrogen) atoms. The third kappa shape index (κ3) is 2.99. The molecule has 0 atom stereocenters. The molecule has 0 bridgehead atoms. The largest absolute Gasteiger partial charge is 0.383 e. The Kier molecular flexibility index (Phi) is 4.08. The van der Waals surface area contributed by atoms with Gasteiger partial charge in [-0.05, 0) is 29.2 Å². The van der Waals surface area contributed by atoms with E-state index < -0.39 is 4.92 Å². The first kappa shape index (κ1) is 13.7. The zero-order valence-electron chi connectivity index (χ0n) is 10.5. The number of carbonyl (C=O) groups is 1. The number of anilines is 1. The number of unbranched alkanes of at least 4 members (excludes halogenated alkanes) is 1. The fourth-order valence-corrected chi connectivity index (χ4v) is 1.79. The van der Waals surface area contributed by atoms with Gasteiger partial charge in [0.2, 0.25) is 11.4 Å². The Labute approximate surface area is 113 Å². The molecule has 1 aromatic carbocycles. The minimum Gasteiger partial charge on any atom is -0.383 e. The number of amides is 1. The molecule has 2 rings (SSSR count). The lowest BCUT2D eigenvalue weighted by Crippen LogP contribution is -2.11. The van der Waals surface area contributed by atoms with Gasteiger partial charge in [-0.1, -0.05) is 0 Å². The molecule has 106 valence electrons. The average Bonchev–Trinajstić information content (AvgIpc) is 2.86. The van der Waals surface area contributed by atoms with E-state index in [4.69, 9.17) is 5.73 Å². The molecule has 9 heteroatoms. The third-order valence-electron chi connectivity index (χ3n) is 2.76. The SMILES string of the molecule is NC(=O)CCCCNc1ccc([N+](=O)[O-])c2nonc12. The van der Waals surface area contributed by atoms with Crippen molar-refractivity contribution in [3.63, 3.8) is 0 Å². The van der Waals surface area contributed by atoms with E-state index in [2.05, 4.69) is 20.3 Å². The maximum atomic E-state index is 10.8. The van der Waals surface area contributed by atoms with Crippen LogP contribution in [0.5, 0.6) is 0 Å². The van der Waals surface area contributed by atoms with Gasteiger partial charge in [-0.15, -0.1) is 0 Å². The highest BCUT2D eigenvalue weighted by atomic mass is 16.6. The molecule has 0 saturated carbocycles. The van der Waals surface area contributed by atoms with Gasteiger partial charge < -0.3 is 11.1 Å².